The molecule has 0 unspecified atom stereocenters. The van der Waals surface area contributed by atoms with Crippen molar-refractivity contribution in [2.75, 3.05) is 19.7 Å². The molecule has 25 heavy (non-hydrogen) atoms. The van der Waals surface area contributed by atoms with Crippen LogP contribution in [0.1, 0.15) is 33.8 Å². The highest BCUT2D eigenvalue weighted by atomic mass is 32.1. The molecule has 2 aliphatic rings. The molecule has 0 saturated carbocycles. The number of carbonyl (C=O) groups is 1. The van der Waals surface area contributed by atoms with Crippen molar-refractivity contribution >= 4 is 28.7 Å². The van der Waals surface area contributed by atoms with Gasteiger partial charge in [0.05, 0.1) is 18.3 Å². The van der Waals surface area contributed by atoms with Gasteiger partial charge in [0.25, 0.3) is 5.91 Å². The molecule has 1 fully saturated rings. The second-order valence-corrected chi connectivity index (χ2v) is 7.20. The highest BCUT2D eigenvalue weighted by molar-refractivity contribution is 7.00. The molecule has 1 atom stereocenters. The van der Waals surface area contributed by atoms with Gasteiger partial charge in [0, 0.05) is 31.0 Å². The molecule has 0 bridgehead atoms. The number of aromatic nitrogens is 2. The van der Waals surface area contributed by atoms with Crippen LogP contribution >= 0.6 is 11.7 Å². The van der Waals surface area contributed by atoms with Crippen molar-refractivity contribution in [3.8, 4) is 5.75 Å². The fourth-order valence-corrected chi connectivity index (χ4v) is 4.29. The second-order valence-electron chi connectivity index (χ2n) is 6.67. The van der Waals surface area contributed by atoms with Crippen LogP contribution in [0.3, 0.4) is 0 Å². The van der Waals surface area contributed by atoms with Gasteiger partial charge in [0.15, 0.2) is 0 Å². The first-order chi connectivity index (χ1) is 12.3. The number of ether oxygens (including phenoxy) is 1. The summed E-state index contributed by atoms with van der Waals surface area (Å²) in [7, 11) is 0. The molecule has 0 N–H and O–H groups in total. The third kappa shape index (κ3) is 2.57. The largest absolute Gasteiger partial charge is 0.493 e. The molecule has 126 valence electrons. The molecule has 2 aromatic carbocycles. The van der Waals surface area contributed by atoms with Crippen LogP contribution in [0.15, 0.2) is 36.4 Å². The number of likely N-dealkylation sites (tertiary alicyclic amines) is 1. The van der Waals surface area contributed by atoms with Gasteiger partial charge >= 0.3 is 0 Å². The topological polar surface area (TPSA) is 55.3 Å². The Morgan fingerprint density at radius 2 is 2.08 bits per heavy atom. The van der Waals surface area contributed by atoms with Gasteiger partial charge in [-0.1, -0.05) is 12.1 Å². The summed E-state index contributed by atoms with van der Waals surface area (Å²) >= 11 is 1.18. The lowest BCUT2D eigenvalue weighted by molar-refractivity contribution is 0.0791. The zero-order valence-corrected chi connectivity index (χ0v) is 14.5. The average molecular weight is 351 g/mol. The van der Waals surface area contributed by atoms with E-state index in [2.05, 4.69) is 26.9 Å². The summed E-state index contributed by atoms with van der Waals surface area (Å²) in [6, 6.07) is 12.1. The van der Waals surface area contributed by atoms with Crippen molar-refractivity contribution in [1.82, 2.24) is 13.6 Å². The van der Waals surface area contributed by atoms with E-state index in [1.165, 1.54) is 22.9 Å². The maximum Gasteiger partial charge on any atom is 0.253 e. The number of amides is 1. The monoisotopic (exact) mass is 351 g/mol. The number of carbonyl (C=O) groups excluding carboxylic acids is 1. The molecule has 3 heterocycles. The third-order valence-electron chi connectivity index (χ3n) is 5.16. The summed E-state index contributed by atoms with van der Waals surface area (Å²) in [5, 5.41) is 0. The molecule has 2 aliphatic heterocycles. The van der Waals surface area contributed by atoms with Crippen LogP contribution in [0.25, 0.3) is 11.0 Å². The van der Waals surface area contributed by atoms with Gasteiger partial charge in [-0.3, -0.25) is 4.79 Å². The predicted molar refractivity (Wildman–Crippen MR) is 96.3 cm³/mol. The molecule has 0 aliphatic carbocycles. The van der Waals surface area contributed by atoms with Crippen molar-refractivity contribution in [2.45, 2.75) is 18.8 Å². The van der Waals surface area contributed by atoms with E-state index in [-0.39, 0.29) is 5.91 Å². The van der Waals surface area contributed by atoms with E-state index in [1.54, 1.807) is 0 Å². The first-order valence-corrected chi connectivity index (χ1v) is 9.28. The van der Waals surface area contributed by atoms with Crippen molar-refractivity contribution in [3.05, 3.63) is 53.1 Å². The van der Waals surface area contributed by atoms with Gasteiger partial charge in [0.1, 0.15) is 16.8 Å². The van der Waals surface area contributed by atoms with Crippen LogP contribution in [0.2, 0.25) is 0 Å². The standard InChI is InChI=1S/C19H17N3O2S/c23-19(14-1-3-16-17(10-14)21-25-20-16)22-7-5-15(11-22)12-2-4-18-13(9-12)6-8-24-18/h1-4,9-10,15H,5-8,11H2/t15-/m1/s1. The number of hydrogen-bond acceptors (Lipinski definition) is 5. The molecule has 1 amide bonds. The average Bonchev–Trinajstić information content (AvgIpc) is 3.39. The normalized spacial score (nSPS) is 19.2. The van der Waals surface area contributed by atoms with E-state index in [0.29, 0.717) is 11.5 Å². The van der Waals surface area contributed by atoms with Crippen molar-refractivity contribution < 1.29 is 9.53 Å². The number of benzene rings is 2. The smallest absolute Gasteiger partial charge is 0.253 e. The van der Waals surface area contributed by atoms with E-state index < -0.39 is 0 Å². The minimum absolute atomic E-state index is 0.0851. The Morgan fingerprint density at radius 3 is 3.04 bits per heavy atom. The molecule has 3 aromatic rings. The number of fused-ring (bicyclic) bond motifs is 2. The van der Waals surface area contributed by atoms with Crippen molar-refractivity contribution in [1.29, 1.82) is 0 Å². The Balaban J connectivity index is 1.35. The van der Waals surface area contributed by atoms with Crippen molar-refractivity contribution in [2.24, 2.45) is 0 Å². The van der Waals surface area contributed by atoms with Crippen LogP contribution in [-0.2, 0) is 6.42 Å². The maximum atomic E-state index is 12.8. The summed E-state index contributed by atoms with van der Waals surface area (Å²) in [6.07, 6.45) is 1.99. The second kappa shape index (κ2) is 5.81. The van der Waals surface area contributed by atoms with Crippen LogP contribution in [0.4, 0.5) is 0 Å². The van der Waals surface area contributed by atoms with E-state index >= 15 is 0 Å². The Kier molecular flexibility index (Phi) is 3.45. The Bertz CT molecular complexity index is 968. The Hall–Kier alpha value is -2.47. The van der Waals surface area contributed by atoms with Crippen LogP contribution in [0.5, 0.6) is 5.75 Å². The molecule has 6 heteroatoms. The molecule has 0 spiro atoms. The number of nitrogens with zero attached hydrogens (tertiary/aromatic N) is 3. The Morgan fingerprint density at radius 1 is 1.16 bits per heavy atom. The highest BCUT2D eigenvalue weighted by Crippen LogP contribution is 2.33. The van der Waals surface area contributed by atoms with E-state index in [4.69, 9.17) is 4.74 Å². The highest BCUT2D eigenvalue weighted by Gasteiger charge is 2.29. The van der Waals surface area contributed by atoms with E-state index in [0.717, 1.165) is 49.3 Å². The van der Waals surface area contributed by atoms with Gasteiger partial charge in [-0.25, -0.2) is 0 Å². The number of hydrogen-bond donors (Lipinski definition) is 0. The lowest BCUT2D eigenvalue weighted by Gasteiger charge is -2.17. The first kappa shape index (κ1) is 14.8. The minimum Gasteiger partial charge on any atom is -0.493 e. The summed E-state index contributed by atoms with van der Waals surface area (Å²) in [5.41, 5.74) is 4.96. The van der Waals surface area contributed by atoms with E-state index in [9.17, 15) is 4.79 Å². The molecule has 0 radical (unpaired) electrons. The van der Waals surface area contributed by atoms with Gasteiger partial charge in [-0.05, 0) is 41.8 Å². The molecular formula is C19H17N3O2S. The predicted octanol–water partition coefficient (Wildman–Crippen LogP) is 3.26. The fraction of sp³-hybridized carbons (Fsp3) is 0.316. The lowest BCUT2D eigenvalue weighted by atomic mass is 9.96. The van der Waals surface area contributed by atoms with Crippen LogP contribution in [0, 0.1) is 0 Å². The van der Waals surface area contributed by atoms with Gasteiger partial charge in [-0.2, -0.15) is 8.75 Å². The molecule has 5 nitrogen and oxygen atoms in total. The number of rotatable bonds is 2. The maximum absolute atomic E-state index is 12.8. The quantitative estimate of drug-likeness (QED) is 0.711. The summed E-state index contributed by atoms with van der Waals surface area (Å²) in [6.45, 7) is 2.35. The van der Waals surface area contributed by atoms with Gasteiger partial charge in [-0.15, -0.1) is 0 Å². The summed E-state index contributed by atoms with van der Waals surface area (Å²) in [4.78, 5) is 14.8. The van der Waals surface area contributed by atoms with Gasteiger partial charge in [0.2, 0.25) is 0 Å². The first-order valence-electron chi connectivity index (χ1n) is 8.55. The molecule has 5 rings (SSSR count). The lowest BCUT2D eigenvalue weighted by Crippen LogP contribution is -2.28. The fourth-order valence-electron chi connectivity index (χ4n) is 3.77. The Labute approximate surface area is 149 Å². The van der Waals surface area contributed by atoms with Crippen LogP contribution < -0.4 is 4.74 Å². The van der Waals surface area contributed by atoms with Gasteiger partial charge < -0.3 is 9.64 Å². The summed E-state index contributed by atoms with van der Waals surface area (Å²) < 4.78 is 14.0. The minimum atomic E-state index is 0.0851. The van der Waals surface area contributed by atoms with E-state index in [1.807, 2.05) is 23.1 Å². The summed E-state index contributed by atoms with van der Waals surface area (Å²) in [5.74, 6) is 1.50. The molecule has 1 saturated heterocycles. The van der Waals surface area contributed by atoms with Crippen molar-refractivity contribution in [3.63, 3.8) is 0 Å². The zero-order chi connectivity index (χ0) is 16.8. The van der Waals surface area contributed by atoms with Crippen LogP contribution in [-0.4, -0.2) is 39.3 Å². The molecular weight excluding hydrogens is 334 g/mol. The SMILES string of the molecule is O=C(c1ccc2nsnc2c1)N1CC[C@@H](c2ccc3c(c2)CCO3)C1. The third-order valence-corrected chi connectivity index (χ3v) is 5.72. The zero-order valence-electron chi connectivity index (χ0n) is 13.6. The molecule has 1 aromatic heterocycles.